The Morgan fingerprint density at radius 3 is 2.65 bits per heavy atom. The Balaban J connectivity index is 1.71. The van der Waals surface area contributed by atoms with Crippen molar-refractivity contribution in [2.24, 2.45) is 5.92 Å². The Morgan fingerprint density at radius 2 is 2.00 bits per heavy atom. The first-order chi connectivity index (χ1) is 8.12. The van der Waals surface area contributed by atoms with E-state index in [0.717, 1.165) is 18.9 Å². The van der Waals surface area contributed by atoms with Gasteiger partial charge in [-0.05, 0) is 31.6 Å². The molecule has 2 fully saturated rings. The predicted molar refractivity (Wildman–Crippen MR) is 67.8 cm³/mol. The van der Waals surface area contributed by atoms with E-state index in [4.69, 9.17) is 4.74 Å². The smallest absolute Gasteiger partial charge is 0.151 e. The fourth-order valence-electron chi connectivity index (χ4n) is 2.53. The lowest BCUT2D eigenvalue weighted by Crippen LogP contribution is -2.40. The van der Waals surface area contributed by atoms with Crippen LogP contribution in [0.5, 0.6) is 0 Å². The van der Waals surface area contributed by atoms with Crippen molar-refractivity contribution in [3.63, 3.8) is 0 Å². The van der Waals surface area contributed by atoms with Gasteiger partial charge in [0.1, 0.15) is 0 Å². The van der Waals surface area contributed by atoms with Gasteiger partial charge in [0.25, 0.3) is 0 Å². The third kappa shape index (κ3) is 3.93. The summed E-state index contributed by atoms with van der Waals surface area (Å²) in [5.74, 6) is 1.29. The van der Waals surface area contributed by atoms with Crippen molar-refractivity contribution in [1.82, 2.24) is 5.32 Å². The predicted octanol–water partition coefficient (Wildman–Crippen LogP) is 0.968. The summed E-state index contributed by atoms with van der Waals surface area (Å²) in [5.41, 5.74) is 0. The quantitative estimate of drug-likeness (QED) is 0.742. The molecule has 2 unspecified atom stereocenters. The van der Waals surface area contributed by atoms with E-state index in [2.05, 4.69) is 5.32 Å². The highest BCUT2D eigenvalue weighted by Gasteiger charge is 2.40. The van der Waals surface area contributed by atoms with E-state index in [-0.39, 0.29) is 5.75 Å². The largest absolute Gasteiger partial charge is 0.376 e. The number of rotatable bonds is 7. The maximum atomic E-state index is 11.6. The number of hydrogen-bond donors (Lipinski definition) is 1. The zero-order chi connectivity index (χ0) is 12.3. The Bertz CT molecular complexity index is 338. The third-order valence-electron chi connectivity index (χ3n) is 3.56. The molecule has 5 heteroatoms. The molecule has 2 aliphatic rings. The lowest BCUT2D eigenvalue weighted by molar-refractivity contribution is 0.0815. The van der Waals surface area contributed by atoms with Gasteiger partial charge < -0.3 is 10.1 Å². The Labute approximate surface area is 104 Å². The molecule has 4 nitrogen and oxygen atoms in total. The summed E-state index contributed by atoms with van der Waals surface area (Å²) < 4.78 is 28.8. The SMILES string of the molecule is CCCS(=O)(=O)CCNC1CCOC1C1CC1. The minimum Gasteiger partial charge on any atom is -0.376 e. The fraction of sp³-hybridized carbons (Fsp3) is 1.00. The molecule has 1 saturated carbocycles. The Morgan fingerprint density at radius 1 is 1.24 bits per heavy atom. The van der Waals surface area contributed by atoms with Crippen molar-refractivity contribution in [3.8, 4) is 0 Å². The first kappa shape index (κ1) is 13.3. The molecule has 1 heterocycles. The van der Waals surface area contributed by atoms with Gasteiger partial charge >= 0.3 is 0 Å². The van der Waals surface area contributed by atoms with Crippen molar-refractivity contribution >= 4 is 9.84 Å². The van der Waals surface area contributed by atoms with Crippen LogP contribution in [-0.4, -0.2) is 45.2 Å². The second kappa shape index (κ2) is 5.67. The molecule has 0 spiro atoms. The van der Waals surface area contributed by atoms with E-state index in [1.165, 1.54) is 12.8 Å². The molecule has 1 aliphatic heterocycles. The zero-order valence-electron chi connectivity index (χ0n) is 10.5. The molecule has 100 valence electrons. The van der Waals surface area contributed by atoms with Crippen LogP contribution in [0.1, 0.15) is 32.6 Å². The highest BCUT2D eigenvalue weighted by molar-refractivity contribution is 7.91. The maximum absolute atomic E-state index is 11.6. The summed E-state index contributed by atoms with van der Waals surface area (Å²) in [4.78, 5) is 0. The van der Waals surface area contributed by atoms with Crippen molar-refractivity contribution in [1.29, 1.82) is 0 Å². The van der Waals surface area contributed by atoms with E-state index < -0.39 is 9.84 Å². The minimum absolute atomic E-state index is 0.259. The lowest BCUT2D eigenvalue weighted by Gasteiger charge is -2.19. The van der Waals surface area contributed by atoms with E-state index in [1.54, 1.807) is 0 Å². The standard InChI is InChI=1S/C12H23NO3S/c1-2-8-17(14,15)9-6-13-11-5-7-16-12(11)10-3-4-10/h10-13H,2-9H2,1H3. The van der Waals surface area contributed by atoms with Crippen LogP contribution in [0.3, 0.4) is 0 Å². The van der Waals surface area contributed by atoms with Gasteiger partial charge in [-0.3, -0.25) is 0 Å². The molecule has 1 aliphatic carbocycles. The molecule has 0 aromatic rings. The van der Waals surface area contributed by atoms with Crippen LogP contribution in [-0.2, 0) is 14.6 Å². The Kier molecular flexibility index (Phi) is 4.44. The molecular weight excluding hydrogens is 238 g/mol. The van der Waals surface area contributed by atoms with Crippen LogP contribution in [0.15, 0.2) is 0 Å². The summed E-state index contributed by atoms with van der Waals surface area (Å²) in [6, 6.07) is 0.374. The van der Waals surface area contributed by atoms with E-state index >= 15 is 0 Å². The molecular formula is C12H23NO3S. The van der Waals surface area contributed by atoms with Crippen molar-refractivity contribution in [2.75, 3.05) is 24.7 Å². The van der Waals surface area contributed by atoms with Crippen LogP contribution >= 0.6 is 0 Å². The van der Waals surface area contributed by atoms with Gasteiger partial charge in [-0.15, -0.1) is 0 Å². The van der Waals surface area contributed by atoms with Crippen molar-refractivity contribution < 1.29 is 13.2 Å². The molecule has 1 saturated heterocycles. The molecule has 2 atom stereocenters. The van der Waals surface area contributed by atoms with Gasteiger partial charge in [-0.1, -0.05) is 6.92 Å². The second-order valence-electron chi connectivity index (χ2n) is 5.17. The summed E-state index contributed by atoms with van der Waals surface area (Å²) >= 11 is 0. The molecule has 1 N–H and O–H groups in total. The average Bonchev–Trinajstić information content (AvgIpc) is 2.99. The average molecular weight is 261 g/mol. The number of sulfone groups is 1. The molecule has 0 aromatic heterocycles. The highest BCUT2D eigenvalue weighted by atomic mass is 32.2. The van der Waals surface area contributed by atoms with Crippen molar-refractivity contribution in [3.05, 3.63) is 0 Å². The summed E-state index contributed by atoms with van der Waals surface area (Å²) in [7, 11) is -2.85. The first-order valence-electron chi connectivity index (χ1n) is 6.68. The van der Waals surface area contributed by atoms with E-state index in [1.807, 2.05) is 6.92 Å². The number of ether oxygens (including phenoxy) is 1. The topological polar surface area (TPSA) is 55.4 Å². The first-order valence-corrected chi connectivity index (χ1v) is 8.50. The highest BCUT2D eigenvalue weighted by Crippen LogP contribution is 2.38. The molecule has 0 aromatic carbocycles. The summed E-state index contributed by atoms with van der Waals surface area (Å²) in [5, 5.41) is 3.36. The molecule has 17 heavy (non-hydrogen) atoms. The van der Waals surface area contributed by atoms with Gasteiger partial charge in [0, 0.05) is 24.9 Å². The molecule has 0 bridgehead atoms. The Hall–Kier alpha value is -0.130. The van der Waals surface area contributed by atoms with Gasteiger partial charge in [-0.25, -0.2) is 8.42 Å². The fourth-order valence-corrected chi connectivity index (χ4v) is 3.79. The second-order valence-corrected chi connectivity index (χ2v) is 7.48. The van der Waals surface area contributed by atoms with Crippen LogP contribution < -0.4 is 5.32 Å². The van der Waals surface area contributed by atoms with Gasteiger partial charge in [0.15, 0.2) is 9.84 Å². The van der Waals surface area contributed by atoms with Crippen molar-refractivity contribution in [2.45, 2.75) is 44.8 Å². The van der Waals surface area contributed by atoms with Crippen LogP contribution in [0, 0.1) is 5.92 Å². The third-order valence-corrected chi connectivity index (χ3v) is 5.41. The lowest BCUT2D eigenvalue weighted by atomic mass is 10.1. The molecule has 0 radical (unpaired) electrons. The van der Waals surface area contributed by atoms with E-state index in [9.17, 15) is 8.42 Å². The van der Waals surface area contributed by atoms with Crippen LogP contribution in [0.4, 0.5) is 0 Å². The number of nitrogens with one attached hydrogen (secondary N) is 1. The van der Waals surface area contributed by atoms with E-state index in [0.29, 0.717) is 30.9 Å². The monoisotopic (exact) mass is 261 g/mol. The van der Waals surface area contributed by atoms with Gasteiger partial charge in [0.2, 0.25) is 0 Å². The molecule has 2 rings (SSSR count). The summed E-state index contributed by atoms with van der Waals surface area (Å²) in [6.45, 7) is 3.29. The minimum atomic E-state index is -2.85. The number of hydrogen-bond acceptors (Lipinski definition) is 4. The van der Waals surface area contributed by atoms with Crippen LogP contribution in [0.2, 0.25) is 0 Å². The van der Waals surface area contributed by atoms with Gasteiger partial charge in [-0.2, -0.15) is 0 Å². The normalized spacial score (nSPS) is 29.7. The van der Waals surface area contributed by atoms with Crippen LogP contribution in [0.25, 0.3) is 0 Å². The molecule has 0 amide bonds. The maximum Gasteiger partial charge on any atom is 0.151 e. The summed E-state index contributed by atoms with van der Waals surface area (Å²) in [6.07, 6.45) is 4.62. The van der Waals surface area contributed by atoms with Gasteiger partial charge in [0.05, 0.1) is 11.9 Å². The zero-order valence-corrected chi connectivity index (χ0v) is 11.3.